The summed E-state index contributed by atoms with van der Waals surface area (Å²) in [5.74, 6) is -0.895. The number of rotatable bonds is 7. The van der Waals surface area contributed by atoms with E-state index in [4.69, 9.17) is 4.74 Å². The Balaban J connectivity index is 1.36. The Hall–Kier alpha value is -4.35. The van der Waals surface area contributed by atoms with Crippen molar-refractivity contribution in [2.45, 2.75) is 32.4 Å². The van der Waals surface area contributed by atoms with Gasteiger partial charge in [0.25, 0.3) is 5.56 Å². The number of halogens is 3. The zero-order valence-corrected chi connectivity index (χ0v) is 23.9. The number of hydrogen-bond donors (Lipinski definition) is 0. The standard InChI is InChI=1S/C31H34F3N5O4/c1-2-43-30(42)23-9-7-13-38(21-23)28-26(20-35-39(29(28)41)25-11-4-3-5-12-25)36-14-16-37(17-15-36)27(40)19-22-8-6-10-24(18-22)31(32,33)34/h3-6,8,10-12,18,20,23H,2,7,9,13-17,19,21H2,1H3. The highest BCUT2D eigenvalue weighted by Crippen LogP contribution is 2.32. The summed E-state index contributed by atoms with van der Waals surface area (Å²) in [7, 11) is 0. The third-order valence-electron chi connectivity index (χ3n) is 7.87. The number of anilines is 2. The lowest BCUT2D eigenvalue weighted by Gasteiger charge is -2.39. The molecule has 9 nitrogen and oxygen atoms in total. The number of hydrogen-bond acceptors (Lipinski definition) is 7. The number of aromatic nitrogens is 2. The molecular formula is C31H34F3N5O4. The number of esters is 1. The molecule has 2 aliphatic heterocycles. The van der Waals surface area contributed by atoms with E-state index in [2.05, 4.69) is 5.10 Å². The van der Waals surface area contributed by atoms with Gasteiger partial charge in [-0.05, 0) is 43.5 Å². The molecule has 12 heteroatoms. The minimum atomic E-state index is -4.48. The fourth-order valence-electron chi connectivity index (χ4n) is 5.69. The van der Waals surface area contributed by atoms with Crippen molar-refractivity contribution in [3.05, 3.63) is 82.3 Å². The van der Waals surface area contributed by atoms with Gasteiger partial charge in [0.1, 0.15) is 5.69 Å². The van der Waals surface area contributed by atoms with Crippen molar-refractivity contribution in [1.82, 2.24) is 14.7 Å². The van der Waals surface area contributed by atoms with Gasteiger partial charge in [-0.25, -0.2) is 0 Å². The summed E-state index contributed by atoms with van der Waals surface area (Å²) in [4.78, 5) is 45.1. The summed E-state index contributed by atoms with van der Waals surface area (Å²) in [6.45, 7) is 4.48. The Bertz CT molecular complexity index is 1500. The zero-order chi connectivity index (χ0) is 30.6. The summed E-state index contributed by atoms with van der Waals surface area (Å²) in [6, 6.07) is 13.9. The van der Waals surface area contributed by atoms with Gasteiger partial charge in [-0.15, -0.1) is 0 Å². The van der Waals surface area contributed by atoms with Crippen molar-refractivity contribution >= 4 is 23.3 Å². The molecule has 0 aliphatic carbocycles. The Morgan fingerprint density at radius 1 is 0.977 bits per heavy atom. The van der Waals surface area contributed by atoms with Crippen LogP contribution >= 0.6 is 0 Å². The zero-order valence-electron chi connectivity index (χ0n) is 23.9. The highest BCUT2D eigenvalue weighted by Gasteiger charge is 2.33. The third kappa shape index (κ3) is 6.84. The number of piperidine rings is 1. The van der Waals surface area contributed by atoms with Crippen LogP contribution in [0.4, 0.5) is 24.5 Å². The van der Waals surface area contributed by atoms with Crippen LogP contribution in [0.2, 0.25) is 0 Å². The molecule has 2 fully saturated rings. The van der Waals surface area contributed by atoms with Gasteiger partial charge >= 0.3 is 12.1 Å². The molecule has 3 aromatic rings. The molecule has 1 atom stereocenters. The van der Waals surface area contributed by atoms with Crippen LogP contribution in [-0.4, -0.2) is 72.4 Å². The second-order valence-corrected chi connectivity index (χ2v) is 10.7. The van der Waals surface area contributed by atoms with Crippen molar-refractivity contribution in [3.8, 4) is 5.69 Å². The molecule has 2 saturated heterocycles. The first-order valence-corrected chi connectivity index (χ1v) is 14.4. The summed E-state index contributed by atoms with van der Waals surface area (Å²) >= 11 is 0. The van der Waals surface area contributed by atoms with Gasteiger partial charge in [0, 0.05) is 39.3 Å². The van der Waals surface area contributed by atoms with E-state index in [-0.39, 0.29) is 36.4 Å². The summed E-state index contributed by atoms with van der Waals surface area (Å²) in [5.41, 5.74) is 0.888. The molecule has 0 saturated carbocycles. The van der Waals surface area contributed by atoms with Crippen molar-refractivity contribution in [2.75, 3.05) is 55.7 Å². The molecule has 0 bridgehead atoms. The molecule has 1 unspecified atom stereocenters. The van der Waals surface area contributed by atoms with E-state index in [0.29, 0.717) is 74.7 Å². The van der Waals surface area contributed by atoms with E-state index >= 15 is 0 Å². The van der Waals surface area contributed by atoms with E-state index in [1.54, 1.807) is 30.2 Å². The number of alkyl halides is 3. The third-order valence-corrected chi connectivity index (χ3v) is 7.87. The Morgan fingerprint density at radius 2 is 1.72 bits per heavy atom. The summed E-state index contributed by atoms with van der Waals surface area (Å²) in [5, 5.41) is 4.47. The van der Waals surface area contributed by atoms with Crippen LogP contribution in [0.25, 0.3) is 5.69 Å². The van der Waals surface area contributed by atoms with Crippen molar-refractivity contribution < 1.29 is 27.5 Å². The van der Waals surface area contributed by atoms with E-state index in [0.717, 1.165) is 12.1 Å². The van der Waals surface area contributed by atoms with Gasteiger partial charge in [-0.2, -0.15) is 23.0 Å². The molecule has 2 aromatic carbocycles. The molecule has 1 aromatic heterocycles. The SMILES string of the molecule is CCOC(=O)C1CCCN(c2c(N3CCN(C(=O)Cc4cccc(C(F)(F)F)c4)CC3)cnn(-c3ccccc3)c2=O)C1. The number of piperazine rings is 1. The number of nitrogens with zero attached hydrogens (tertiary/aromatic N) is 5. The quantitative estimate of drug-likeness (QED) is 0.382. The van der Waals surface area contributed by atoms with E-state index in [9.17, 15) is 27.6 Å². The number of ether oxygens (including phenoxy) is 1. The van der Waals surface area contributed by atoms with Crippen LogP contribution in [0.3, 0.4) is 0 Å². The minimum Gasteiger partial charge on any atom is -0.466 e. The summed E-state index contributed by atoms with van der Waals surface area (Å²) in [6.07, 6.45) is -1.57. The first kappa shape index (κ1) is 30.1. The predicted octanol–water partition coefficient (Wildman–Crippen LogP) is 3.92. The number of para-hydroxylation sites is 1. The fraction of sp³-hybridized carbons (Fsp3) is 0.419. The Morgan fingerprint density at radius 3 is 2.42 bits per heavy atom. The van der Waals surface area contributed by atoms with Crippen LogP contribution in [-0.2, 0) is 26.9 Å². The van der Waals surface area contributed by atoms with Gasteiger partial charge in [-0.3, -0.25) is 14.4 Å². The first-order valence-electron chi connectivity index (χ1n) is 14.4. The molecule has 43 heavy (non-hydrogen) atoms. The van der Waals surface area contributed by atoms with Crippen molar-refractivity contribution in [2.24, 2.45) is 5.92 Å². The second kappa shape index (κ2) is 12.9. The van der Waals surface area contributed by atoms with Crippen LogP contribution in [0.15, 0.2) is 65.6 Å². The van der Waals surface area contributed by atoms with Crippen molar-refractivity contribution in [3.63, 3.8) is 0 Å². The average Bonchev–Trinajstić information content (AvgIpc) is 3.01. The highest BCUT2D eigenvalue weighted by molar-refractivity contribution is 5.80. The minimum absolute atomic E-state index is 0.132. The predicted molar refractivity (Wildman–Crippen MR) is 155 cm³/mol. The van der Waals surface area contributed by atoms with Crippen LogP contribution in [0.1, 0.15) is 30.9 Å². The van der Waals surface area contributed by atoms with Gasteiger partial charge in [-0.1, -0.05) is 36.4 Å². The second-order valence-electron chi connectivity index (χ2n) is 10.7. The fourth-order valence-corrected chi connectivity index (χ4v) is 5.69. The molecule has 0 N–H and O–H groups in total. The number of carbonyl (C=O) groups is 2. The monoisotopic (exact) mass is 597 g/mol. The molecule has 1 amide bonds. The maximum Gasteiger partial charge on any atom is 0.416 e. The molecule has 228 valence electrons. The van der Waals surface area contributed by atoms with Crippen LogP contribution in [0, 0.1) is 5.92 Å². The maximum atomic E-state index is 14.0. The number of benzene rings is 2. The smallest absolute Gasteiger partial charge is 0.416 e. The van der Waals surface area contributed by atoms with Gasteiger partial charge < -0.3 is 19.4 Å². The molecular weight excluding hydrogens is 563 g/mol. The first-order chi connectivity index (χ1) is 20.7. The largest absolute Gasteiger partial charge is 0.466 e. The van der Waals surface area contributed by atoms with Crippen LogP contribution < -0.4 is 15.4 Å². The van der Waals surface area contributed by atoms with Gasteiger partial charge in [0.15, 0.2) is 0 Å². The molecule has 3 heterocycles. The molecule has 5 rings (SSSR count). The lowest BCUT2D eigenvalue weighted by Crippen LogP contribution is -2.50. The van der Waals surface area contributed by atoms with Crippen LogP contribution in [0.5, 0.6) is 0 Å². The van der Waals surface area contributed by atoms with E-state index in [1.165, 1.54) is 16.8 Å². The number of carbonyl (C=O) groups excluding carboxylic acids is 2. The molecule has 0 spiro atoms. The van der Waals surface area contributed by atoms with Crippen molar-refractivity contribution in [1.29, 1.82) is 0 Å². The Labute approximate surface area is 247 Å². The lowest BCUT2D eigenvalue weighted by atomic mass is 9.97. The highest BCUT2D eigenvalue weighted by atomic mass is 19.4. The van der Waals surface area contributed by atoms with Gasteiger partial charge in [0.2, 0.25) is 5.91 Å². The average molecular weight is 598 g/mol. The maximum absolute atomic E-state index is 14.0. The topological polar surface area (TPSA) is 88.0 Å². The van der Waals surface area contributed by atoms with Gasteiger partial charge in [0.05, 0.1) is 42.1 Å². The van der Waals surface area contributed by atoms with E-state index < -0.39 is 11.7 Å². The van der Waals surface area contributed by atoms with E-state index in [1.807, 2.05) is 28.0 Å². The molecule has 2 aliphatic rings. The normalized spacial score (nSPS) is 17.6. The lowest BCUT2D eigenvalue weighted by molar-refractivity contribution is -0.148. The summed E-state index contributed by atoms with van der Waals surface area (Å²) < 4.78 is 46.0. The molecule has 0 radical (unpaired) electrons. The number of amides is 1. The Kier molecular flexibility index (Phi) is 9.02.